The second-order valence-corrected chi connectivity index (χ2v) is 8.16. The largest absolute Gasteiger partial charge is 0.487 e. The van der Waals surface area contributed by atoms with Gasteiger partial charge in [0.1, 0.15) is 13.2 Å². The second-order valence-electron chi connectivity index (χ2n) is 8.16. The maximum absolute atomic E-state index is 11.1. The SMILES string of the molecule is CCCCCCOCCOCCOc1ccc([N+](=O)[O-])cc1OCCOCCOCCCCCC. The lowest BCUT2D eigenvalue weighted by Crippen LogP contribution is -2.13. The average Bonchev–Trinajstić information content (AvgIpc) is 2.86. The molecule has 0 saturated carbocycles. The molecule has 35 heavy (non-hydrogen) atoms. The van der Waals surface area contributed by atoms with Crippen molar-refractivity contribution in [1.82, 2.24) is 0 Å². The number of ether oxygens (including phenoxy) is 6. The third-order valence-corrected chi connectivity index (χ3v) is 5.14. The maximum Gasteiger partial charge on any atom is 0.273 e. The minimum Gasteiger partial charge on any atom is -0.487 e. The van der Waals surface area contributed by atoms with E-state index in [1.807, 2.05) is 0 Å². The normalized spacial score (nSPS) is 11.0. The Morgan fingerprint density at radius 2 is 1.06 bits per heavy atom. The summed E-state index contributed by atoms with van der Waals surface area (Å²) in [5.41, 5.74) is -0.0583. The van der Waals surface area contributed by atoms with Gasteiger partial charge in [0.25, 0.3) is 5.69 Å². The Morgan fingerprint density at radius 1 is 0.600 bits per heavy atom. The van der Waals surface area contributed by atoms with Crippen LogP contribution in [-0.4, -0.2) is 71.0 Å². The van der Waals surface area contributed by atoms with Crippen molar-refractivity contribution in [3.05, 3.63) is 28.3 Å². The number of benzene rings is 1. The van der Waals surface area contributed by atoms with Gasteiger partial charge in [-0.1, -0.05) is 52.4 Å². The molecule has 0 spiro atoms. The van der Waals surface area contributed by atoms with Crippen LogP contribution in [0.5, 0.6) is 11.5 Å². The Labute approximate surface area is 210 Å². The molecule has 9 nitrogen and oxygen atoms in total. The van der Waals surface area contributed by atoms with Gasteiger partial charge in [0.15, 0.2) is 11.5 Å². The van der Waals surface area contributed by atoms with Crippen LogP contribution in [0.4, 0.5) is 5.69 Å². The van der Waals surface area contributed by atoms with Crippen molar-refractivity contribution in [2.75, 3.05) is 66.1 Å². The third-order valence-electron chi connectivity index (χ3n) is 5.14. The quantitative estimate of drug-likeness (QED) is 0.0977. The lowest BCUT2D eigenvalue weighted by Gasteiger charge is -2.13. The van der Waals surface area contributed by atoms with Crippen LogP contribution in [0.2, 0.25) is 0 Å². The van der Waals surface area contributed by atoms with Gasteiger partial charge in [-0.2, -0.15) is 0 Å². The minimum absolute atomic E-state index is 0.0583. The van der Waals surface area contributed by atoms with Crippen LogP contribution >= 0.6 is 0 Å². The highest BCUT2D eigenvalue weighted by molar-refractivity contribution is 5.48. The first-order valence-electron chi connectivity index (χ1n) is 13.0. The first-order chi connectivity index (χ1) is 17.2. The van der Waals surface area contributed by atoms with E-state index in [4.69, 9.17) is 28.4 Å². The Bertz CT molecular complexity index is 644. The molecule has 0 aromatic heterocycles. The molecule has 0 fully saturated rings. The number of nitro benzene ring substituents is 1. The molecule has 1 aromatic carbocycles. The molecule has 0 aliphatic carbocycles. The zero-order valence-electron chi connectivity index (χ0n) is 21.7. The number of unbranched alkanes of at least 4 members (excludes halogenated alkanes) is 6. The molecule has 0 heterocycles. The summed E-state index contributed by atoms with van der Waals surface area (Å²) in [6, 6.07) is 4.30. The monoisotopic (exact) mass is 499 g/mol. The summed E-state index contributed by atoms with van der Waals surface area (Å²) >= 11 is 0. The Kier molecular flexibility index (Phi) is 20.0. The molecule has 0 atom stereocenters. The first kappa shape index (κ1) is 31.1. The highest BCUT2D eigenvalue weighted by Gasteiger charge is 2.13. The number of nitrogens with zero attached hydrogens (tertiary/aromatic N) is 1. The molecule has 0 amide bonds. The lowest BCUT2D eigenvalue weighted by molar-refractivity contribution is -0.385. The summed E-state index contributed by atoms with van der Waals surface area (Å²) in [6.07, 6.45) is 9.45. The van der Waals surface area contributed by atoms with E-state index in [2.05, 4.69) is 13.8 Å². The summed E-state index contributed by atoms with van der Waals surface area (Å²) in [6.45, 7) is 9.26. The van der Waals surface area contributed by atoms with Crippen LogP contribution < -0.4 is 9.47 Å². The van der Waals surface area contributed by atoms with Gasteiger partial charge in [0.2, 0.25) is 0 Å². The van der Waals surface area contributed by atoms with Crippen molar-refractivity contribution in [2.24, 2.45) is 0 Å². The molecule has 0 aliphatic heterocycles. The summed E-state index contributed by atoms with van der Waals surface area (Å²) in [5, 5.41) is 11.1. The highest BCUT2D eigenvalue weighted by Crippen LogP contribution is 2.31. The predicted octanol–water partition coefficient (Wildman–Crippen LogP) is 5.58. The van der Waals surface area contributed by atoms with Crippen LogP contribution in [0.3, 0.4) is 0 Å². The van der Waals surface area contributed by atoms with E-state index in [1.165, 1.54) is 50.7 Å². The Balaban J connectivity index is 2.21. The summed E-state index contributed by atoms with van der Waals surface area (Å²) < 4.78 is 33.5. The van der Waals surface area contributed by atoms with Gasteiger partial charge < -0.3 is 28.4 Å². The standard InChI is InChI=1S/C26H45NO8/c1-3-5-7-9-13-30-15-17-32-19-21-34-25-12-11-24(27(28)29)23-26(25)35-22-20-33-18-16-31-14-10-8-6-4-2/h11-12,23H,3-10,13-22H2,1-2H3. The molecule has 1 rings (SSSR count). The first-order valence-corrected chi connectivity index (χ1v) is 13.0. The molecule has 0 N–H and O–H groups in total. The fraction of sp³-hybridized carbons (Fsp3) is 0.769. The fourth-order valence-corrected chi connectivity index (χ4v) is 3.17. The molecule has 0 bridgehead atoms. The molecule has 202 valence electrons. The van der Waals surface area contributed by atoms with Crippen LogP contribution in [0.15, 0.2) is 18.2 Å². The van der Waals surface area contributed by atoms with Crippen molar-refractivity contribution in [3.63, 3.8) is 0 Å². The number of non-ortho nitro benzene ring substituents is 1. The van der Waals surface area contributed by atoms with Crippen LogP contribution in [0, 0.1) is 10.1 Å². The number of nitro groups is 1. The summed E-state index contributed by atoms with van der Waals surface area (Å²) in [7, 11) is 0. The van der Waals surface area contributed by atoms with E-state index in [9.17, 15) is 10.1 Å². The molecule has 0 radical (unpaired) electrons. The third kappa shape index (κ3) is 17.2. The van der Waals surface area contributed by atoms with Crippen LogP contribution in [0.1, 0.15) is 65.2 Å². The summed E-state index contributed by atoms with van der Waals surface area (Å²) in [4.78, 5) is 10.7. The smallest absolute Gasteiger partial charge is 0.273 e. The molecule has 0 saturated heterocycles. The zero-order valence-corrected chi connectivity index (χ0v) is 21.7. The average molecular weight is 500 g/mol. The predicted molar refractivity (Wildman–Crippen MR) is 136 cm³/mol. The van der Waals surface area contributed by atoms with Crippen molar-refractivity contribution in [3.8, 4) is 11.5 Å². The van der Waals surface area contributed by atoms with Crippen LogP contribution in [0.25, 0.3) is 0 Å². The molecule has 0 aliphatic rings. The van der Waals surface area contributed by atoms with Crippen molar-refractivity contribution < 1.29 is 33.3 Å². The molecule has 0 unspecified atom stereocenters. The van der Waals surface area contributed by atoms with Gasteiger partial charge in [-0.05, 0) is 18.9 Å². The number of hydrogen-bond donors (Lipinski definition) is 0. The van der Waals surface area contributed by atoms with Gasteiger partial charge in [-0.25, -0.2) is 0 Å². The molecular weight excluding hydrogens is 454 g/mol. The maximum atomic E-state index is 11.1. The highest BCUT2D eigenvalue weighted by atomic mass is 16.6. The summed E-state index contributed by atoms with van der Waals surface area (Å²) in [5.74, 6) is 0.743. The van der Waals surface area contributed by atoms with Crippen molar-refractivity contribution >= 4 is 5.69 Å². The van der Waals surface area contributed by atoms with Gasteiger partial charge in [0, 0.05) is 19.3 Å². The molecule has 1 aromatic rings. The Hall–Kier alpha value is -1.94. The van der Waals surface area contributed by atoms with Crippen LogP contribution in [-0.2, 0) is 18.9 Å². The Morgan fingerprint density at radius 3 is 1.54 bits per heavy atom. The van der Waals surface area contributed by atoms with Gasteiger partial charge in [-0.15, -0.1) is 0 Å². The van der Waals surface area contributed by atoms with E-state index in [1.54, 1.807) is 6.07 Å². The lowest BCUT2D eigenvalue weighted by atomic mass is 10.2. The van der Waals surface area contributed by atoms with Gasteiger partial charge in [-0.3, -0.25) is 10.1 Å². The van der Waals surface area contributed by atoms with E-state index in [0.29, 0.717) is 57.7 Å². The number of rotatable bonds is 25. The minimum atomic E-state index is -0.462. The van der Waals surface area contributed by atoms with Crippen molar-refractivity contribution in [2.45, 2.75) is 65.2 Å². The van der Waals surface area contributed by atoms with E-state index >= 15 is 0 Å². The van der Waals surface area contributed by atoms with Gasteiger partial charge >= 0.3 is 0 Å². The van der Waals surface area contributed by atoms with Gasteiger partial charge in [0.05, 0.1) is 50.6 Å². The zero-order chi connectivity index (χ0) is 25.4. The molecular formula is C26H45NO8. The molecule has 9 heteroatoms. The van der Waals surface area contributed by atoms with E-state index < -0.39 is 4.92 Å². The second kappa shape index (κ2) is 22.5. The van der Waals surface area contributed by atoms with Crippen molar-refractivity contribution in [1.29, 1.82) is 0 Å². The van der Waals surface area contributed by atoms with E-state index in [-0.39, 0.29) is 12.3 Å². The van der Waals surface area contributed by atoms with E-state index in [0.717, 1.165) is 26.1 Å². The number of hydrogen-bond acceptors (Lipinski definition) is 8. The topological polar surface area (TPSA) is 98.5 Å². The fourth-order valence-electron chi connectivity index (χ4n) is 3.17.